The van der Waals surface area contributed by atoms with Crippen molar-refractivity contribution in [2.75, 3.05) is 0 Å². The number of fused-ring (bicyclic) bond motifs is 7. The van der Waals surface area contributed by atoms with E-state index < -0.39 is 0 Å². The predicted molar refractivity (Wildman–Crippen MR) is 145 cm³/mol. The molecule has 2 aromatic heterocycles. The van der Waals surface area contributed by atoms with Gasteiger partial charge in [0.25, 0.3) is 0 Å². The van der Waals surface area contributed by atoms with Gasteiger partial charge in [-0.3, -0.25) is 0 Å². The van der Waals surface area contributed by atoms with Gasteiger partial charge in [0.1, 0.15) is 11.0 Å². The largest absolute Gasteiger partial charge is 0.436 e. The van der Waals surface area contributed by atoms with Gasteiger partial charge in [-0.2, -0.15) is 0 Å². The lowest BCUT2D eigenvalue weighted by Crippen LogP contribution is -1.89. The van der Waals surface area contributed by atoms with Crippen LogP contribution in [0.2, 0.25) is 0 Å². The van der Waals surface area contributed by atoms with Crippen LogP contribution in [0.5, 0.6) is 0 Å². The maximum absolute atomic E-state index is 6.21. The van der Waals surface area contributed by atoms with Gasteiger partial charge in [-0.05, 0) is 68.7 Å². The molecule has 4 heteroatoms. The predicted octanol–water partition coefficient (Wildman–Crippen LogP) is 8.76. The molecule has 0 aliphatic rings. The monoisotopic (exact) mass is 462 g/mol. The molecular weight excluding hydrogens is 444 g/mol. The smallest absolute Gasteiger partial charge is 0.227 e. The summed E-state index contributed by atoms with van der Waals surface area (Å²) in [5.41, 5.74) is 5.19. The lowest BCUT2D eigenvalue weighted by Gasteiger charge is -2.13. The standard InChI is InChI=1S/C32H18N2O2/c1-3-11-22-20(9-1)24(31-33-26-13-5-7-15-28(26)35-31)17-19-18-25(21-10-2-4-12-23(21)30(19)22)32-34-27-14-6-8-16-29(27)36-32/h1-18H. The van der Waals surface area contributed by atoms with Crippen LogP contribution in [0.1, 0.15) is 0 Å². The van der Waals surface area contributed by atoms with Gasteiger partial charge in [-0.15, -0.1) is 0 Å². The van der Waals surface area contributed by atoms with Crippen LogP contribution in [-0.4, -0.2) is 9.97 Å². The van der Waals surface area contributed by atoms with Crippen LogP contribution in [-0.2, 0) is 0 Å². The molecular formula is C32H18N2O2. The Kier molecular flexibility index (Phi) is 3.91. The summed E-state index contributed by atoms with van der Waals surface area (Å²) >= 11 is 0. The molecule has 0 N–H and O–H groups in total. The first-order chi connectivity index (χ1) is 17.8. The maximum Gasteiger partial charge on any atom is 0.227 e. The molecule has 4 nitrogen and oxygen atoms in total. The summed E-state index contributed by atoms with van der Waals surface area (Å²) in [5.74, 6) is 1.23. The number of rotatable bonds is 2. The Hall–Kier alpha value is -4.96. The van der Waals surface area contributed by atoms with E-state index in [0.29, 0.717) is 11.8 Å². The first-order valence-corrected chi connectivity index (χ1v) is 11.9. The van der Waals surface area contributed by atoms with Crippen molar-refractivity contribution in [3.8, 4) is 22.9 Å². The number of hydrogen-bond donors (Lipinski definition) is 0. The van der Waals surface area contributed by atoms with E-state index in [9.17, 15) is 0 Å². The van der Waals surface area contributed by atoms with Crippen molar-refractivity contribution in [2.24, 2.45) is 0 Å². The van der Waals surface area contributed by atoms with Crippen LogP contribution in [0, 0.1) is 0 Å². The molecule has 168 valence electrons. The molecule has 0 unspecified atom stereocenters. The van der Waals surface area contributed by atoms with E-state index in [1.165, 1.54) is 5.39 Å². The van der Waals surface area contributed by atoms with E-state index in [1.807, 2.05) is 48.5 Å². The topological polar surface area (TPSA) is 52.1 Å². The number of hydrogen-bond acceptors (Lipinski definition) is 4. The summed E-state index contributed by atoms with van der Waals surface area (Å²) in [6, 6.07) is 37.0. The van der Waals surface area contributed by atoms with Crippen molar-refractivity contribution in [3.05, 3.63) is 109 Å². The van der Waals surface area contributed by atoms with Gasteiger partial charge in [0.05, 0.1) is 0 Å². The van der Waals surface area contributed by atoms with Crippen LogP contribution in [0.15, 0.2) is 118 Å². The Morgan fingerprint density at radius 1 is 0.444 bits per heavy atom. The van der Waals surface area contributed by atoms with Crippen LogP contribution >= 0.6 is 0 Å². The van der Waals surface area contributed by atoms with Gasteiger partial charge in [-0.1, -0.05) is 72.8 Å². The molecule has 0 saturated carbocycles. The van der Waals surface area contributed by atoms with E-state index in [4.69, 9.17) is 18.8 Å². The molecule has 36 heavy (non-hydrogen) atoms. The molecule has 8 rings (SSSR count). The summed E-state index contributed by atoms with van der Waals surface area (Å²) in [6.07, 6.45) is 0. The Morgan fingerprint density at radius 2 is 0.861 bits per heavy atom. The van der Waals surface area contributed by atoms with Crippen LogP contribution in [0.4, 0.5) is 0 Å². The highest BCUT2D eigenvalue weighted by atomic mass is 16.4. The van der Waals surface area contributed by atoms with Gasteiger partial charge in [-0.25, -0.2) is 9.97 Å². The Labute approximate surface area is 205 Å². The van der Waals surface area contributed by atoms with Crippen LogP contribution in [0.25, 0.3) is 77.4 Å². The fraction of sp³-hybridized carbons (Fsp3) is 0. The minimum atomic E-state index is 0.617. The van der Waals surface area contributed by atoms with Crippen LogP contribution < -0.4 is 0 Å². The number of aromatic nitrogens is 2. The average molecular weight is 463 g/mol. The Morgan fingerprint density at radius 3 is 1.33 bits per heavy atom. The van der Waals surface area contributed by atoms with Gasteiger partial charge in [0, 0.05) is 11.1 Å². The molecule has 0 saturated heterocycles. The molecule has 0 aliphatic heterocycles. The van der Waals surface area contributed by atoms with Crippen molar-refractivity contribution in [2.45, 2.75) is 0 Å². The maximum atomic E-state index is 6.21. The summed E-state index contributed by atoms with van der Waals surface area (Å²) in [4.78, 5) is 9.63. The zero-order chi connectivity index (χ0) is 23.6. The van der Waals surface area contributed by atoms with Crippen molar-refractivity contribution in [3.63, 3.8) is 0 Å². The zero-order valence-corrected chi connectivity index (χ0v) is 19.1. The van der Waals surface area contributed by atoms with E-state index in [2.05, 4.69) is 60.7 Å². The minimum absolute atomic E-state index is 0.617. The third kappa shape index (κ3) is 2.75. The molecule has 0 bridgehead atoms. The SMILES string of the molecule is c1ccc2oc(-c3cc4cc(-c5nc6ccccc6o5)c5ccccc5c4c4ccccc34)nc2c1. The Bertz CT molecular complexity index is 1900. The zero-order valence-electron chi connectivity index (χ0n) is 19.1. The quantitative estimate of drug-likeness (QED) is 0.241. The minimum Gasteiger partial charge on any atom is -0.436 e. The molecule has 0 radical (unpaired) electrons. The number of benzene rings is 6. The molecule has 0 spiro atoms. The highest BCUT2D eigenvalue weighted by Gasteiger charge is 2.19. The number of para-hydroxylation sites is 4. The van der Waals surface area contributed by atoms with Gasteiger partial charge < -0.3 is 8.83 Å². The molecule has 6 aromatic carbocycles. The third-order valence-corrected chi connectivity index (χ3v) is 6.91. The lowest BCUT2D eigenvalue weighted by atomic mass is 9.91. The second kappa shape index (κ2) is 7.27. The van der Waals surface area contributed by atoms with Crippen molar-refractivity contribution in [1.82, 2.24) is 9.97 Å². The van der Waals surface area contributed by atoms with Crippen molar-refractivity contribution < 1.29 is 8.83 Å². The molecule has 0 amide bonds. The van der Waals surface area contributed by atoms with E-state index in [-0.39, 0.29) is 0 Å². The number of nitrogens with zero attached hydrogens (tertiary/aromatic N) is 2. The van der Waals surface area contributed by atoms with Crippen molar-refractivity contribution in [1.29, 1.82) is 0 Å². The first-order valence-electron chi connectivity index (χ1n) is 11.9. The Balaban J connectivity index is 1.50. The second-order valence-electron chi connectivity index (χ2n) is 9.01. The lowest BCUT2D eigenvalue weighted by molar-refractivity contribution is 0.620. The first kappa shape index (κ1) is 19.4. The fourth-order valence-corrected chi connectivity index (χ4v) is 5.31. The molecule has 0 atom stereocenters. The van der Waals surface area contributed by atoms with Gasteiger partial charge in [0.2, 0.25) is 11.8 Å². The summed E-state index contributed by atoms with van der Waals surface area (Å²) in [7, 11) is 0. The van der Waals surface area contributed by atoms with Crippen molar-refractivity contribution >= 4 is 54.5 Å². The fourth-order valence-electron chi connectivity index (χ4n) is 5.31. The summed E-state index contributed by atoms with van der Waals surface area (Å²) in [6.45, 7) is 0. The van der Waals surface area contributed by atoms with Gasteiger partial charge >= 0.3 is 0 Å². The van der Waals surface area contributed by atoms with Gasteiger partial charge in [0.15, 0.2) is 11.2 Å². The average Bonchev–Trinajstić information content (AvgIpc) is 3.56. The summed E-state index contributed by atoms with van der Waals surface area (Å²) in [5, 5.41) is 6.82. The third-order valence-electron chi connectivity index (χ3n) is 6.91. The second-order valence-corrected chi connectivity index (χ2v) is 9.01. The van der Waals surface area contributed by atoms with E-state index in [1.54, 1.807) is 0 Å². The highest BCUT2D eigenvalue weighted by molar-refractivity contribution is 6.25. The van der Waals surface area contributed by atoms with Crippen LogP contribution in [0.3, 0.4) is 0 Å². The normalized spacial score (nSPS) is 11.9. The molecule has 0 fully saturated rings. The highest BCUT2D eigenvalue weighted by Crippen LogP contribution is 2.42. The number of oxazole rings is 2. The molecule has 2 heterocycles. The molecule has 0 aliphatic carbocycles. The molecule has 8 aromatic rings. The summed E-state index contributed by atoms with van der Waals surface area (Å²) < 4.78 is 12.4. The van der Waals surface area contributed by atoms with E-state index in [0.717, 1.165) is 60.3 Å². The van der Waals surface area contributed by atoms with E-state index >= 15 is 0 Å².